The van der Waals surface area contributed by atoms with Gasteiger partial charge in [0.2, 0.25) is 11.6 Å². The Balaban J connectivity index is 1.66. The first-order valence-corrected chi connectivity index (χ1v) is 10.9. The average Bonchev–Trinajstić information content (AvgIpc) is 3.69. The highest BCUT2D eigenvalue weighted by atomic mass is 16.5. The maximum Gasteiger partial charge on any atom is 0.259 e. The molecular formula is C25H23N7O2. The number of pyridine rings is 2. The van der Waals surface area contributed by atoms with Crippen molar-refractivity contribution < 1.29 is 4.74 Å². The van der Waals surface area contributed by atoms with E-state index in [1.54, 1.807) is 19.5 Å². The number of hydrogen-bond acceptors (Lipinski definition) is 7. The Morgan fingerprint density at radius 3 is 2.82 bits per heavy atom. The van der Waals surface area contributed by atoms with Crippen molar-refractivity contribution in [1.29, 1.82) is 0 Å². The number of hydrogen-bond donors (Lipinski definition) is 2. The lowest BCUT2D eigenvalue weighted by molar-refractivity contribution is 0.413. The van der Waals surface area contributed by atoms with Gasteiger partial charge in [0.15, 0.2) is 0 Å². The Morgan fingerprint density at radius 1 is 1.26 bits per heavy atom. The molecule has 0 bridgehead atoms. The topological polar surface area (TPSA) is 112 Å². The molecule has 0 amide bonds. The third kappa shape index (κ3) is 3.79. The van der Waals surface area contributed by atoms with Crippen molar-refractivity contribution in [3.8, 4) is 16.9 Å². The monoisotopic (exact) mass is 453 g/mol. The molecule has 0 unspecified atom stereocenters. The average molecular weight is 454 g/mol. The maximum atomic E-state index is 13.9. The van der Waals surface area contributed by atoms with Crippen molar-refractivity contribution >= 4 is 28.2 Å². The fourth-order valence-electron chi connectivity index (χ4n) is 4.21. The van der Waals surface area contributed by atoms with Crippen LogP contribution in [0, 0.1) is 6.57 Å². The number of benzene rings is 1. The molecule has 0 radical (unpaired) electrons. The maximum absolute atomic E-state index is 13.9. The van der Waals surface area contributed by atoms with Crippen LogP contribution in [0.25, 0.3) is 26.7 Å². The largest absolute Gasteiger partial charge is 0.495 e. The van der Waals surface area contributed by atoms with E-state index in [0.717, 1.165) is 35.0 Å². The van der Waals surface area contributed by atoms with Crippen LogP contribution in [0.2, 0.25) is 0 Å². The normalized spacial score (nSPS) is 13.9. The number of aromatic nitrogens is 4. The third-order valence-electron chi connectivity index (χ3n) is 5.99. The van der Waals surface area contributed by atoms with Gasteiger partial charge in [-0.25, -0.2) is 14.8 Å². The Kier molecular flexibility index (Phi) is 5.34. The zero-order chi connectivity index (χ0) is 23.8. The van der Waals surface area contributed by atoms with Crippen molar-refractivity contribution in [3.05, 3.63) is 76.4 Å². The first-order valence-electron chi connectivity index (χ1n) is 10.9. The van der Waals surface area contributed by atoms with E-state index < -0.39 is 0 Å². The first-order chi connectivity index (χ1) is 16.5. The highest BCUT2D eigenvalue weighted by Crippen LogP contribution is 2.39. The molecule has 34 heavy (non-hydrogen) atoms. The van der Waals surface area contributed by atoms with E-state index >= 15 is 0 Å². The summed E-state index contributed by atoms with van der Waals surface area (Å²) in [4.78, 5) is 29.7. The number of anilines is 2. The molecule has 4 aromatic rings. The highest BCUT2D eigenvalue weighted by Gasteiger charge is 2.30. The molecule has 0 aliphatic heterocycles. The lowest BCUT2D eigenvalue weighted by Gasteiger charge is -2.22. The highest BCUT2D eigenvalue weighted by molar-refractivity contribution is 5.96. The van der Waals surface area contributed by atoms with Crippen LogP contribution in [0.15, 0.2) is 53.7 Å². The van der Waals surface area contributed by atoms with E-state index in [9.17, 15) is 4.79 Å². The quantitative estimate of drug-likeness (QED) is 0.413. The van der Waals surface area contributed by atoms with E-state index in [1.807, 2.05) is 41.8 Å². The van der Waals surface area contributed by atoms with Crippen molar-refractivity contribution in [2.24, 2.45) is 0 Å². The van der Waals surface area contributed by atoms with Crippen LogP contribution in [0.4, 0.5) is 17.5 Å². The van der Waals surface area contributed by atoms with Gasteiger partial charge in [0, 0.05) is 29.7 Å². The Labute approximate surface area is 196 Å². The lowest BCUT2D eigenvalue weighted by atomic mass is 9.99. The Hall–Kier alpha value is -4.45. The van der Waals surface area contributed by atoms with Crippen molar-refractivity contribution in [2.45, 2.75) is 31.8 Å². The van der Waals surface area contributed by atoms with Gasteiger partial charge in [-0.15, -0.1) is 0 Å². The number of nitrogens with one attached hydrogen (secondary N) is 1. The summed E-state index contributed by atoms with van der Waals surface area (Å²) in [7, 11) is 1.59. The first kappa shape index (κ1) is 21.4. The standard InChI is InChI=1S/C25H23N7O2/c1-14(30-23-20(27-2)13-29-25(26)31-23)21-10-15-5-4-6-19(16-9-18(34-3)12-28-11-16)22(15)24(33)32(21)17-7-8-17/h4-6,9-14,17H,7-8H2,1,3H3,(H3,26,29,30,31)/t14-/m0/s1. The summed E-state index contributed by atoms with van der Waals surface area (Å²) < 4.78 is 7.20. The van der Waals surface area contributed by atoms with Crippen LogP contribution in [0.5, 0.6) is 5.75 Å². The molecule has 0 saturated heterocycles. The van der Waals surface area contributed by atoms with Crippen LogP contribution in [0.1, 0.15) is 37.5 Å². The van der Waals surface area contributed by atoms with Crippen LogP contribution < -0.4 is 21.3 Å². The molecule has 1 aliphatic rings. The summed E-state index contributed by atoms with van der Waals surface area (Å²) in [6.45, 7) is 9.34. The molecule has 1 saturated carbocycles. The molecule has 1 atom stereocenters. The number of nitrogens with zero attached hydrogens (tertiary/aromatic N) is 5. The molecule has 1 fully saturated rings. The number of methoxy groups -OCH3 is 1. The molecule has 0 spiro atoms. The van der Waals surface area contributed by atoms with Gasteiger partial charge >= 0.3 is 0 Å². The molecule has 3 N–H and O–H groups in total. The summed E-state index contributed by atoms with van der Waals surface area (Å²) in [5, 5.41) is 4.74. The molecule has 170 valence electrons. The van der Waals surface area contributed by atoms with E-state index in [2.05, 4.69) is 25.1 Å². The van der Waals surface area contributed by atoms with Crippen molar-refractivity contribution in [3.63, 3.8) is 0 Å². The number of fused-ring (bicyclic) bond motifs is 1. The molecule has 1 aliphatic carbocycles. The minimum atomic E-state index is -0.297. The SMILES string of the molecule is [C-]#[N+]c1cnc(N)nc1N[C@@H](C)c1cc2cccc(-c3cncc(OC)c3)c2c(=O)n1C1CC1. The second-order valence-corrected chi connectivity index (χ2v) is 8.30. The summed E-state index contributed by atoms with van der Waals surface area (Å²) >= 11 is 0. The summed E-state index contributed by atoms with van der Waals surface area (Å²) in [6.07, 6.45) is 6.66. The number of nitrogens with two attached hydrogens (primary N) is 1. The van der Waals surface area contributed by atoms with Crippen LogP contribution in [-0.4, -0.2) is 26.6 Å². The van der Waals surface area contributed by atoms with Crippen LogP contribution >= 0.6 is 0 Å². The summed E-state index contributed by atoms with van der Waals surface area (Å²) in [5.41, 5.74) is 8.43. The summed E-state index contributed by atoms with van der Waals surface area (Å²) in [6, 6.07) is 9.57. The van der Waals surface area contributed by atoms with Gasteiger partial charge in [0.25, 0.3) is 5.56 Å². The number of ether oxygens (including phenoxy) is 1. The summed E-state index contributed by atoms with van der Waals surface area (Å²) in [5.74, 6) is 1.06. The number of rotatable bonds is 6. The van der Waals surface area contributed by atoms with Crippen molar-refractivity contribution in [1.82, 2.24) is 19.5 Å². The van der Waals surface area contributed by atoms with E-state index in [0.29, 0.717) is 17.0 Å². The molecule has 9 heteroatoms. The van der Waals surface area contributed by atoms with Crippen molar-refractivity contribution in [2.75, 3.05) is 18.2 Å². The molecule has 1 aromatic carbocycles. The van der Waals surface area contributed by atoms with E-state index in [-0.39, 0.29) is 29.3 Å². The Morgan fingerprint density at radius 2 is 2.09 bits per heavy atom. The van der Waals surface area contributed by atoms with Crippen LogP contribution in [-0.2, 0) is 0 Å². The van der Waals surface area contributed by atoms with E-state index in [4.69, 9.17) is 17.0 Å². The second-order valence-electron chi connectivity index (χ2n) is 8.30. The van der Waals surface area contributed by atoms with Crippen LogP contribution in [0.3, 0.4) is 0 Å². The third-order valence-corrected chi connectivity index (χ3v) is 5.99. The second kappa shape index (κ2) is 8.48. The zero-order valence-corrected chi connectivity index (χ0v) is 18.8. The van der Waals surface area contributed by atoms with Gasteiger partial charge in [-0.3, -0.25) is 9.78 Å². The fourth-order valence-corrected chi connectivity index (χ4v) is 4.21. The molecular weight excluding hydrogens is 430 g/mol. The fraction of sp³-hybridized carbons (Fsp3) is 0.240. The lowest BCUT2D eigenvalue weighted by Crippen LogP contribution is -2.26. The van der Waals surface area contributed by atoms with Gasteiger partial charge in [0.1, 0.15) is 11.6 Å². The molecule has 3 aromatic heterocycles. The van der Waals surface area contributed by atoms with Gasteiger partial charge in [-0.1, -0.05) is 18.2 Å². The minimum Gasteiger partial charge on any atom is -0.495 e. The smallest absolute Gasteiger partial charge is 0.259 e. The Bertz CT molecular complexity index is 1500. The molecule has 3 heterocycles. The molecule has 5 rings (SSSR count). The number of nitrogen functional groups attached to an aromatic ring is 1. The zero-order valence-electron chi connectivity index (χ0n) is 18.8. The molecule has 9 nitrogen and oxygen atoms in total. The minimum absolute atomic E-state index is 0.0466. The van der Waals surface area contributed by atoms with E-state index in [1.165, 1.54) is 6.20 Å². The predicted octanol–water partition coefficient (Wildman–Crippen LogP) is 4.50. The predicted molar refractivity (Wildman–Crippen MR) is 131 cm³/mol. The van der Waals surface area contributed by atoms with Gasteiger partial charge < -0.3 is 20.4 Å². The van der Waals surface area contributed by atoms with Gasteiger partial charge in [-0.05, 0) is 42.8 Å². The van der Waals surface area contributed by atoms with Gasteiger partial charge in [0.05, 0.1) is 31.3 Å². The van der Waals surface area contributed by atoms with Gasteiger partial charge in [-0.2, -0.15) is 0 Å².